The van der Waals surface area contributed by atoms with E-state index in [0.717, 1.165) is 17.1 Å². The van der Waals surface area contributed by atoms with Gasteiger partial charge in [-0.25, -0.2) is 0 Å². The fourth-order valence-electron chi connectivity index (χ4n) is 1.89. The lowest BCUT2D eigenvalue weighted by Crippen LogP contribution is -2.10. The normalized spacial score (nSPS) is 12.4. The first-order valence-electron chi connectivity index (χ1n) is 6.15. The molecule has 0 bridgehead atoms. The molecule has 0 spiro atoms. The Hall–Kier alpha value is -1.69. The highest BCUT2D eigenvalue weighted by Gasteiger charge is 2.10. The van der Waals surface area contributed by atoms with Gasteiger partial charge < -0.3 is 5.32 Å². The lowest BCUT2D eigenvalue weighted by molar-refractivity contribution is 0.252. The van der Waals surface area contributed by atoms with Gasteiger partial charge in [-0.3, -0.25) is 9.97 Å². The summed E-state index contributed by atoms with van der Waals surface area (Å²) in [5.41, 5.74) is 2.61. The number of thioether (sulfide) groups is 1. The number of anilines is 1. The monoisotopic (exact) mass is 295 g/mol. The van der Waals surface area contributed by atoms with Gasteiger partial charge in [0.25, 0.3) is 5.76 Å². The molecule has 0 aliphatic heterocycles. The van der Waals surface area contributed by atoms with Crippen molar-refractivity contribution in [3.05, 3.63) is 48.0 Å². The van der Waals surface area contributed by atoms with Crippen molar-refractivity contribution in [2.24, 2.45) is 0 Å². The summed E-state index contributed by atoms with van der Waals surface area (Å²) in [5, 5.41) is 3.28. The van der Waals surface area contributed by atoms with Crippen LogP contribution in [0.3, 0.4) is 0 Å². The smallest absolute Gasteiger partial charge is 0.288 e. The van der Waals surface area contributed by atoms with E-state index in [-0.39, 0.29) is 6.04 Å². The Kier molecular flexibility index (Phi) is 4.89. The van der Waals surface area contributed by atoms with Crippen LogP contribution >= 0.6 is 11.8 Å². The average molecular weight is 295 g/mol. The summed E-state index contributed by atoms with van der Waals surface area (Å²) in [6.45, 7) is 3.89. The molecule has 0 aliphatic carbocycles. The van der Waals surface area contributed by atoms with Gasteiger partial charge in [-0.15, -0.1) is 0 Å². The van der Waals surface area contributed by atoms with Crippen LogP contribution in [0.5, 0.6) is 0 Å². The van der Waals surface area contributed by atoms with E-state index in [0.29, 0.717) is 16.7 Å². The highest BCUT2D eigenvalue weighted by Crippen LogP contribution is 2.27. The van der Waals surface area contributed by atoms with E-state index in [1.165, 1.54) is 0 Å². The summed E-state index contributed by atoms with van der Waals surface area (Å²) in [5.74, 6) is -2.39. The van der Waals surface area contributed by atoms with Crippen LogP contribution < -0.4 is 5.32 Å². The zero-order valence-electron chi connectivity index (χ0n) is 11.2. The average Bonchev–Trinajstić information content (AvgIpc) is 2.41. The van der Waals surface area contributed by atoms with Crippen LogP contribution in [0, 0.1) is 6.92 Å². The van der Waals surface area contributed by atoms with Crippen LogP contribution in [0.1, 0.15) is 24.4 Å². The highest BCUT2D eigenvalue weighted by atomic mass is 32.2. The number of aryl methyl sites for hydroxylation is 1. The van der Waals surface area contributed by atoms with Gasteiger partial charge in [-0.1, -0.05) is 11.8 Å². The summed E-state index contributed by atoms with van der Waals surface area (Å²) in [6.07, 6.45) is 3.31. The molecule has 2 aromatic rings. The third-order valence-electron chi connectivity index (χ3n) is 2.79. The Bertz CT molecular complexity index is 561. The van der Waals surface area contributed by atoms with Crippen LogP contribution in [0.15, 0.2) is 41.6 Å². The molecule has 0 amide bonds. The molecule has 2 rings (SSSR count). The second-order valence-electron chi connectivity index (χ2n) is 4.30. The van der Waals surface area contributed by atoms with E-state index in [4.69, 9.17) is 0 Å². The molecule has 0 fully saturated rings. The molecular formula is C14H15F2N3S. The highest BCUT2D eigenvalue weighted by molar-refractivity contribution is 7.99. The summed E-state index contributed by atoms with van der Waals surface area (Å²) in [7, 11) is 0. The van der Waals surface area contributed by atoms with E-state index in [2.05, 4.69) is 15.3 Å². The van der Waals surface area contributed by atoms with Crippen molar-refractivity contribution >= 4 is 17.4 Å². The molecule has 1 unspecified atom stereocenters. The fourth-order valence-corrected chi connectivity index (χ4v) is 2.39. The van der Waals surface area contributed by atoms with E-state index in [1.54, 1.807) is 36.7 Å². The Morgan fingerprint density at radius 2 is 1.75 bits per heavy atom. The number of rotatable bonds is 5. The maximum absolute atomic E-state index is 12.2. The number of halogens is 2. The van der Waals surface area contributed by atoms with Crippen LogP contribution in [0.25, 0.3) is 0 Å². The van der Waals surface area contributed by atoms with Gasteiger partial charge in [0, 0.05) is 23.0 Å². The molecule has 6 heteroatoms. The fraction of sp³-hybridized carbons (Fsp3) is 0.286. The Morgan fingerprint density at radius 1 is 1.10 bits per heavy atom. The van der Waals surface area contributed by atoms with Crippen molar-refractivity contribution in [3.63, 3.8) is 0 Å². The summed E-state index contributed by atoms with van der Waals surface area (Å²) < 4.78 is 24.5. The largest absolute Gasteiger partial charge is 0.377 e. The predicted octanol–water partition coefficient (Wildman–Crippen LogP) is 4.27. The zero-order chi connectivity index (χ0) is 14.5. The standard InChI is InChI=1S/C14H15F2N3S/c1-9-13(18-8-7-17-9)10(2)19-11-3-5-12(6-4-11)20-14(15)16/h3-8,10,14,19H,1-2H3. The Labute approximate surface area is 120 Å². The van der Waals surface area contributed by atoms with E-state index >= 15 is 0 Å². The van der Waals surface area contributed by atoms with Crippen molar-refractivity contribution in [1.29, 1.82) is 0 Å². The van der Waals surface area contributed by atoms with E-state index < -0.39 is 5.76 Å². The lowest BCUT2D eigenvalue weighted by atomic mass is 10.2. The van der Waals surface area contributed by atoms with Gasteiger partial charge in [-0.2, -0.15) is 8.78 Å². The second kappa shape index (κ2) is 6.65. The number of hydrogen-bond donors (Lipinski definition) is 1. The van der Waals surface area contributed by atoms with Crippen molar-refractivity contribution < 1.29 is 8.78 Å². The topological polar surface area (TPSA) is 37.8 Å². The Morgan fingerprint density at radius 3 is 2.35 bits per heavy atom. The molecule has 0 radical (unpaired) electrons. The minimum Gasteiger partial charge on any atom is -0.377 e. The first-order valence-corrected chi connectivity index (χ1v) is 7.03. The molecule has 0 saturated heterocycles. The van der Waals surface area contributed by atoms with Crippen molar-refractivity contribution in [2.75, 3.05) is 5.32 Å². The number of aromatic nitrogens is 2. The van der Waals surface area contributed by atoms with E-state index in [9.17, 15) is 8.78 Å². The minimum atomic E-state index is -2.39. The van der Waals surface area contributed by atoms with E-state index in [1.807, 2.05) is 13.8 Å². The summed E-state index contributed by atoms with van der Waals surface area (Å²) in [4.78, 5) is 9.05. The number of alkyl halides is 2. The van der Waals surface area contributed by atoms with Crippen LogP contribution in [-0.2, 0) is 0 Å². The Balaban J connectivity index is 2.05. The van der Waals surface area contributed by atoms with Crippen molar-refractivity contribution in [1.82, 2.24) is 9.97 Å². The summed E-state index contributed by atoms with van der Waals surface area (Å²) >= 11 is 0.541. The molecule has 0 saturated carbocycles. The quantitative estimate of drug-likeness (QED) is 0.836. The molecule has 20 heavy (non-hydrogen) atoms. The van der Waals surface area contributed by atoms with Crippen molar-refractivity contribution in [2.45, 2.75) is 30.5 Å². The molecule has 1 heterocycles. The third-order valence-corrected chi connectivity index (χ3v) is 3.51. The maximum Gasteiger partial charge on any atom is 0.288 e. The summed E-state index contributed by atoms with van der Waals surface area (Å²) in [6, 6.07) is 6.92. The predicted molar refractivity (Wildman–Crippen MR) is 77.1 cm³/mol. The molecular weight excluding hydrogens is 280 g/mol. The molecule has 1 aromatic carbocycles. The van der Waals surface area contributed by atoms with Gasteiger partial charge in [0.1, 0.15) is 0 Å². The SMILES string of the molecule is Cc1nccnc1C(C)Nc1ccc(SC(F)F)cc1. The van der Waals surface area contributed by atoms with Crippen molar-refractivity contribution in [3.8, 4) is 0 Å². The maximum atomic E-state index is 12.2. The molecule has 1 aromatic heterocycles. The molecule has 3 nitrogen and oxygen atoms in total. The molecule has 0 aliphatic rings. The third kappa shape index (κ3) is 3.90. The number of benzene rings is 1. The number of nitrogens with one attached hydrogen (secondary N) is 1. The minimum absolute atomic E-state index is 0.00250. The van der Waals surface area contributed by atoms with Crippen LogP contribution in [-0.4, -0.2) is 15.7 Å². The first kappa shape index (κ1) is 14.7. The lowest BCUT2D eigenvalue weighted by Gasteiger charge is -2.16. The van der Waals surface area contributed by atoms with Crippen LogP contribution in [0.2, 0.25) is 0 Å². The zero-order valence-corrected chi connectivity index (χ0v) is 12.0. The molecule has 106 valence electrons. The van der Waals surface area contributed by atoms with Gasteiger partial charge in [0.2, 0.25) is 0 Å². The van der Waals surface area contributed by atoms with Gasteiger partial charge in [-0.05, 0) is 38.1 Å². The molecule has 1 atom stereocenters. The van der Waals surface area contributed by atoms with Gasteiger partial charge in [0.05, 0.1) is 17.4 Å². The number of hydrogen-bond acceptors (Lipinski definition) is 4. The molecule has 1 N–H and O–H groups in total. The van der Waals surface area contributed by atoms with Gasteiger partial charge in [0.15, 0.2) is 0 Å². The number of nitrogens with zero attached hydrogens (tertiary/aromatic N) is 2. The second-order valence-corrected chi connectivity index (χ2v) is 5.36. The first-order chi connectivity index (χ1) is 9.56. The van der Waals surface area contributed by atoms with Crippen LogP contribution in [0.4, 0.5) is 14.5 Å². The van der Waals surface area contributed by atoms with Gasteiger partial charge >= 0.3 is 0 Å².